The first-order valence-corrected chi connectivity index (χ1v) is 8.07. The van der Waals surface area contributed by atoms with Crippen molar-refractivity contribution >= 4 is 18.2 Å². The number of hydrogen-bond donors (Lipinski definition) is 2. The van der Waals surface area contributed by atoms with E-state index in [0.29, 0.717) is 19.4 Å². The van der Waals surface area contributed by atoms with Gasteiger partial charge < -0.3 is 10.2 Å². The lowest BCUT2D eigenvalue weighted by Gasteiger charge is -2.11. The van der Waals surface area contributed by atoms with Gasteiger partial charge in [-0.05, 0) is 25.7 Å². The number of rotatable bonds is 2. The summed E-state index contributed by atoms with van der Waals surface area (Å²) in [6, 6.07) is 0. The maximum absolute atomic E-state index is 11.2. The highest BCUT2D eigenvalue weighted by molar-refractivity contribution is 5.88. The molecule has 0 aliphatic carbocycles. The van der Waals surface area contributed by atoms with E-state index in [9.17, 15) is 14.7 Å². The molecule has 0 radical (unpaired) electrons. The average Bonchev–Trinajstić information content (AvgIpc) is 2.44. The fourth-order valence-electron chi connectivity index (χ4n) is 2.73. The molecule has 0 aromatic rings. The monoisotopic (exact) mass is 297 g/mol. The van der Waals surface area contributed by atoms with Crippen LogP contribution in [0.1, 0.15) is 64.2 Å². The highest BCUT2D eigenvalue weighted by Gasteiger charge is 2.17. The molecule has 0 aromatic heterocycles. The van der Waals surface area contributed by atoms with Crippen LogP contribution in [-0.2, 0) is 9.59 Å². The van der Waals surface area contributed by atoms with Crippen LogP contribution in [0.25, 0.3) is 0 Å². The topological polar surface area (TPSA) is 87.0 Å². The van der Waals surface area contributed by atoms with E-state index < -0.39 is 17.9 Å². The third-order valence-corrected chi connectivity index (χ3v) is 4.11. The van der Waals surface area contributed by atoms with E-state index >= 15 is 0 Å². The molecule has 1 heterocycles. The molecule has 0 amide bonds. The molecule has 2 unspecified atom stereocenters. The van der Waals surface area contributed by atoms with Crippen LogP contribution in [-0.4, -0.2) is 34.9 Å². The van der Waals surface area contributed by atoms with Crippen LogP contribution in [0.4, 0.5) is 0 Å². The van der Waals surface area contributed by atoms with Crippen molar-refractivity contribution < 1.29 is 19.8 Å². The zero-order valence-corrected chi connectivity index (χ0v) is 12.7. The predicted octanol–water partition coefficient (Wildman–Crippen LogP) is 3.37. The van der Waals surface area contributed by atoms with E-state index in [1.807, 2.05) is 0 Å². The third kappa shape index (κ3) is 7.83. The Bertz CT molecular complexity index is 354. The van der Waals surface area contributed by atoms with Crippen molar-refractivity contribution in [3.05, 3.63) is 0 Å². The number of carboxylic acid groups (broad SMARTS) is 2. The van der Waals surface area contributed by atoms with Gasteiger partial charge in [0.1, 0.15) is 0 Å². The average molecular weight is 297 g/mol. The van der Waals surface area contributed by atoms with E-state index in [0.717, 1.165) is 51.4 Å². The van der Waals surface area contributed by atoms with Crippen LogP contribution in [0.2, 0.25) is 0 Å². The lowest BCUT2D eigenvalue weighted by atomic mass is 9.95. The predicted molar refractivity (Wildman–Crippen MR) is 81.8 cm³/mol. The molecular weight excluding hydrogens is 270 g/mol. The molecule has 5 heteroatoms. The van der Waals surface area contributed by atoms with Gasteiger partial charge in [-0.1, -0.05) is 38.5 Å². The molecule has 0 saturated carbocycles. The van der Waals surface area contributed by atoms with Crippen LogP contribution in [0.5, 0.6) is 0 Å². The lowest BCUT2D eigenvalue weighted by molar-refractivity contribution is -0.142. The molecule has 1 aliphatic heterocycles. The second kappa shape index (κ2) is 10.4. The number of aliphatic imine (C=N–C) groups is 1. The molecule has 2 N–H and O–H groups in total. The molecule has 1 rings (SSSR count). The zero-order valence-electron chi connectivity index (χ0n) is 12.7. The SMILES string of the molecule is O=C(O)C1C=NCCCCC(C(=O)O)CCCCCCC1. The van der Waals surface area contributed by atoms with Crippen molar-refractivity contribution in [1.82, 2.24) is 0 Å². The Morgan fingerprint density at radius 1 is 0.810 bits per heavy atom. The Morgan fingerprint density at radius 3 is 2.00 bits per heavy atom. The Morgan fingerprint density at radius 2 is 1.38 bits per heavy atom. The summed E-state index contributed by atoms with van der Waals surface area (Å²) in [4.78, 5) is 26.5. The first-order valence-electron chi connectivity index (χ1n) is 8.07. The minimum Gasteiger partial charge on any atom is -0.481 e. The van der Waals surface area contributed by atoms with E-state index in [1.54, 1.807) is 6.21 Å². The van der Waals surface area contributed by atoms with Gasteiger partial charge in [-0.15, -0.1) is 0 Å². The molecule has 0 bridgehead atoms. The molecule has 0 saturated heterocycles. The summed E-state index contributed by atoms with van der Waals surface area (Å²) >= 11 is 0. The molecule has 1 aliphatic rings. The minimum absolute atomic E-state index is 0.231. The van der Waals surface area contributed by atoms with Gasteiger partial charge in [0.25, 0.3) is 0 Å². The van der Waals surface area contributed by atoms with Crippen LogP contribution < -0.4 is 0 Å². The molecule has 120 valence electrons. The van der Waals surface area contributed by atoms with Gasteiger partial charge in [0.15, 0.2) is 0 Å². The molecule has 0 spiro atoms. The van der Waals surface area contributed by atoms with Gasteiger partial charge >= 0.3 is 11.9 Å². The fraction of sp³-hybridized carbons (Fsp3) is 0.812. The second-order valence-electron chi connectivity index (χ2n) is 5.88. The summed E-state index contributed by atoms with van der Waals surface area (Å²) in [6.45, 7) is 0.593. The molecule has 0 fully saturated rings. The largest absolute Gasteiger partial charge is 0.481 e. The normalized spacial score (nSPS) is 26.5. The van der Waals surface area contributed by atoms with Crippen molar-refractivity contribution in [3.8, 4) is 0 Å². The number of aliphatic carboxylic acids is 2. The van der Waals surface area contributed by atoms with Gasteiger partial charge in [-0.3, -0.25) is 14.6 Å². The Hall–Kier alpha value is -1.39. The van der Waals surface area contributed by atoms with Crippen molar-refractivity contribution in [2.24, 2.45) is 16.8 Å². The van der Waals surface area contributed by atoms with Crippen molar-refractivity contribution in [2.75, 3.05) is 6.54 Å². The zero-order chi connectivity index (χ0) is 15.5. The van der Waals surface area contributed by atoms with Gasteiger partial charge in [-0.25, -0.2) is 0 Å². The summed E-state index contributed by atoms with van der Waals surface area (Å²) in [7, 11) is 0. The van der Waals surface area contributed by atoms with Crippen molar-refractivity contribution in [1.29, 1.82) is 0 Å². The molecule has 21 heavy (non-hydrogen) atoms. The summed E-state index contributed by atoms with van der Waals surface area (Å²) < 4.78 is 0. The molecule has 2 atom stereocenters. The van der Waals surface area contributed by atoms with Gasteiger partial charge in [0.05, 0.1) is 11.8 Å². The van der Waals surface area contributed by atoms with Gasteiger partial charge in [0, 0.05) is 12.8 Å². The Balaban J connectivity index is 2.50. The van der Waals surface area contributed by atoms with Crippen LogP contribution in [0.3, 0.4) is 0 Å². The molecule has 0 aromatic carbocycles. The quantitative estimate of drug-likeness (QED) is 0.818. The summed E-state index contributed by atoms with van der Waals surface area (Å²) in [5.41, 5.74) is 0. The first kappa shape index (κ1) is 17.7. The summed E-state index contributed by atoms with van der Waals surface area (Å²) in [5, 5.41) is 18.3. The number of hydrogen-bond acceptors (Lipinski definition) is 3. The van der Waals surface area contributed by atoms with E-state index in [4.69, 9.17) is 5.11 Å². The third-order valence-electron chi connectivity index (χ3n) is 4.11. The van der Waals surface area contributed by atoms with E-state index in [1.165, 1.54) is 0 Å². The van der Waals surface area contributed by atoms with Crippen LogP contribution in [0, 0.1) is 11.8 Å². The summed E-state index contributed by atoms with van der Waals surface area (Å²) in [6.07, 6.45) is 10.3. The second-order valence-corrected chi connectivity index (χ2v) is 5.88. The highest BCUT2D eigenvalue weighted by atomic mass is 16.4. The maximum Gasteiger partial charge on any atom is 0.311 e. The van der Waals surface area contributed by atoms with Crippen molar-refractivity contribution in [3.63, 3.8) is 0 Å². The van der Waals surface area contributed by atoms with Crippen LogP contribution in [0.15, 0.2) is 4.99 Å². The van der Waals surface area contributed by atoms with E-state index in [2.05, 4.69) is 4.99 Å². The molecule has 5 nitrogen and oxygen atoms in total. The standard InChI is InChI=1S/C16H27NO4/c18-15(19)13-8-4-2-1-3-5-10-14(16(20)21)12-17-11-7-6-9-13/h12-14H,1-11H2,(H,18,19)(H,20,21). The molecular formula is C16H27NO4. The Labute approximate surface area is 126 Å². The van der Waals surface area contributed by atoms with Gasteiger partial charge in [0.2, 0.25) is 0 Å². The fourth-order valence-corrected chi connectivity index (χ4v) is 2.73. The number of nitrogens with zero attached hydrogens (tertiary/aromatic N) is 1. The minimum atomic E-state index is -0.797. The summed E-state index contributed by atoms with van der Waals surface area (Å²) in [5.74, 6) is -2.18. The van der Waals surface area contributed by atoms with Crippen molar-refractivity contribution in [2.45, 2.75) is 64.2 Å². The smallest absolute Gasteiger partial charge is 0.311 e. The van der Waals surface area contributed by atoms with E-state index in [-0.39, 0.29) is 5.92 Å². The highest BCUT2D eigenvalue weighted by Crippen LogP contribution is 2.19. The first-order chi connectivity index (χ1) is 10.1. The van der Waals surface area contributed by atoms with Gasteiger partial charge in [-0.2, -0.15) is 0 Å². The number of carboxylic acids is 2. The lowest BCUT2D eigenvalue weighted by Crippen LogP contribution is -2.15. The Kier molecular flexibility index (Phi) is 8.71. The van der Waals surface area contributed by atoms with Crippen LogP contribution >= 0.6 is 0 Å². The number of carbonyl (C=O) groups is 2. The maximum atomic E-state index is 11.2.